The van der Waals surface area contributed by atoms with Crippen molar-refractivity contribution < 1.29 is 9.53 Å². The fourth-order valence-electron chi connectivity index (χ4n) is 3.51. The van der Waals surface area contributed by atoms with Gasteiger partial charge in [0.05, 0.1) is 12.2 Å². The number of ether oxygens (including phenoxy) is 1. The van der Waals surface area contributed by atoms with E-state index in [0.29, 0.717) is 13.1 Å². The van der Waals surface area contributed by atoms with Crippen molar-refractivity contribution >= 4 is 5.91 Å². The van der Waals surface area contributed by atoms with Crippen LogP contribution in [0.15, 0.2) is 30.3 Å². The topological polar surface area (TPSA) is 56.6 Å². The van der Waals surface area contributed by atoms with Crippen molar-refractivity contribution in [1.82, 2.24) is 9.80 Å². The molecule has 5 heteroatoms. The third-order valence-corrected chi connectivity index (χ3v) is 4.97. The molecule has 1 saturated carbocycles. The summed E-state index contributed by atoms with van der Waals surface area (Å²) in [6.07, 6.45) is 4.79. The second-order valence-corrected chi connectivity index (χ2v) is 6.66. The van der Waals surface area contributed by atoms with E-state index in [0.717, 1.165) is 25.9 Å². The van der Waals surface area contributed by atoms with Crippen LogP contribution in [-0.4, -0.2) is 54.1 Å². The summed E-state index contributed by atoms with van der Waals surface area (Å²) in [5, 5.41) is 9.48. The summed E-state index contributed by atoms with van der Waals surface area (Å²) < 4.78 is 5.72. The highest BCUT2D eigenvalue weighted by atomic mass is 16.5. The van der Waals surface area contributed by atoms with Crippen LogP contribution in [0.1, 0.15) is 31.2 Å². The van der Waals surface area contributed by atoms with E-state index in [-0.39, 0.29) is 24.7 Å². The van der Waals surface area contributed by atoms with Crippen LogP contribution in [0.25, 0.3) is 0 Å². The van der Waals surface area contributed by atoms with E-state index in [9.17, 15) is 10.1 Å². The zero-order valence-electron chi connectivity index (χ0n) is 14.1. The zero-order chi connectivity index (χ0) is 16.8. The van der Waals surface area contributed by atoms with Gasteiger partial charge in [0.2, 0.25) is 5.91 Å². The Morgan fingerprint density at radius 3 is 2.67 bits per heavy atom. The fourth-order valence-corrected chi connectivity index (χ4v) is 3.51. The van der Waals surface area contributed by atoms with Crippen molar-refractivity contribution in [1.29, 1.82) is 5.26 Å². The molecule has 1 atom stereocenters. The Balaban J connectivity index is 1.50. The highest BCUT2D eigenvalue weighted by molar-refractivity contribution is 5.77. The number of nitriles is 1. The molecule has 24 heavy (non-hydrogen) atoms. The van der Waals surface area contributed by atoms with Gasteiger partial charge < -0.3 is 9.64 Å². The summed E-state index contributed by atoms with van der Waals surface area (Å²) in [5.41, 5.74) is 1.20. The Bertz CT molecular complexity index is 578. The maximum absolute atomic E-state index is 12.4. The van der Waals surface area contributed by atoms with Crippen LogP contribution in [0, 0.1) is 11.3 Å². The van der Waals surface area contributed by atoms with Crippen LogP contribution < -0.4 is 0 Å². The molecule has 0 spiro atoms. The minimum atomic E-state index is -0.255. The predicted octanol–water partition coefficient (Wildman–Crippen LogP) is 2.18. The molecule has 128 valence electrons. The number of carbonyl (C=O) groups is 1. The minimum Gasteiger partial charge on any atom is -0.368 e. The fraction of sp³-hybridized carbons (Fsp3) is 0.579. The second-order valence-electron chi connectivity index (χ2n) is 6.66. The van der Waals surface area contributed by atoms with Crippen LogP contribution in [0.5, 0.6) is 0 Å². The van der Waals surface area contributed by atoms with Crippen molar-refractivity contribution in [2.75, 3.05) is 26.2 Å². The average Bonchev–Trinajstić information content (AvgIpc) is 3.14. The van der Waals surface area contributed by atoms with Gasteiger partial charge in [0.15, 0.2) is 0 Å². The molecule has 0 radical (unpaired) electrons. The van der Waals surface area contributed by atoms with E-state index in [2.05, 4.69) is 23.1 Å². The summed E-state index contributed by atoms with van der Waals surface area (Å²) in [5.74, 6) is 0.0153. The first kappa shape index (κ1) is 16.9. The molecule has 1 amide bonds. The van der Waals surface area contributed by atoms with Gasteiger partial charge in [-0.2, -0.15) is 5.26 Å². The third kappa shape index (κ3) is 4.34. The summed E-state index contributed by atoms with van der Waals surface area (Å²) >= 11 is 0. The lowest BCUT2D eigenvalue weighted by Gasteiger charge is -2.38. The summed E-state index contributed by atoms with van der Waals surface area (Å²) in [6.45, 7) is 2.76. The normalized spacial score (nSPS) is 22.5. The lowest BCUT2D eigenvalue weighted by molar-refractivity contribution is -0.140. The molecule has 1 aliphatic heterocycles. The van der Waals surface area contributed by atoms with E-state index in [1.807, 2.05) is 18.2 Å². The monoisotopic (exact) mass is 327 g/mol. The molecule has 1 aromatic rings. The van der Waals surface area contributed by atoms with Gasteiger partial charge in [-0.05, 0) is 18.4 Å². The van der Waals surface area contributed by atoms with Crippen molar-refractivity contribution in [2.45, 2.75) is 44.4 Å². The summed E-state index contributed by atoms with van der Waals surface area (Å²) in [4.78, 5) is 16.3. The Labute approximate surface area is 143 Å². The van der Waals surface area contributed by atoms with Crippen molar-refractivity contribution in [3.8, 4) is 6.07 Å². The highest BCUT2D eigenvalue weighted by Gasteiger charge is 2.30. The maximum atomic E-state index is 12.4. The molecular weight excluding hydrogens is 302 g/mol. The first-order valence-electron chi connectivity index (χ1n) is 8.83. The Hall–Kier alpha value is -1.90. The molecule has 0 aromatic heterocycles. The molecule has 1 aliphatic carbocycles. The van der Waals surface area contributed by atoms with Crippen molar-refractivity contribution in [2.24, 2.45) is 0 Å². The van der Waals surface area contributed by atoms with E-state index in [4.69, 9.17) is 4.74 Å². The van der Waals surface area contributed by atoms with Gasteiger partial charge in [-0.15, -0.1) is 0 Å². The number of piperazine rings is 1. The lowest BCUT2D eigenvalue weighted by Crippen LogP contribution is -2.54. The van der Waals surface area contributed by atoms with Crippen molar-refractivity contribution in [3.05, 3.63) is 35.9 Å². The van der Waals surface area contributed by atoms with Crippen LogP contribution in [0.4, 0.5) is 0 Å². The number of nitrogens with zero attached hydrogens (tertiary/aromatic N) is 3. The molecule has 1 saturated heterocycles. The van der Waals surface area contributed by atoms with Gasteiger partial charge in [-0.25, -0.2) is 0 Å². The van der Waals surface area contributed by atoms with Crippen molar-refractivity contribution in [3.63, 3.8) is 0 Å². The van der Waals surface area contributed by atoms with E-state index >= 15 is 0 Å². The largest absolute Gasteiger partial charge is 0.368 e. The van der Waals surface area contributed by atoms with Gasteiger partial charge in [0.1, 0.15) is 12.6 Å². The molecule has 5 nitrogen and oxygen atoms in total. The van der Waals surface area contributed by atoms with Gasteiger partial charge >= 0.3 is 0 Å². The number of hydrogen-bond donors (Lipinski definition) is 0. The van der Waals surface area contributed by atoms with E-state index < -0.39 is 0 Å². The number of rotatable bonds is 5. The van der Waals surface area contributed by atoms with E-state index in [1.165, 1.54) is 18.4 Å². The molecule has 3 rings (SSSR count). The minimum absolute atomic E-state index is 0.0153. The molecule has 1 heterocycles. The number of carbonyl (C=O) groups excluding carboxylic acids is 1. The van der Waals surface area contributed by atoms with Crippen LogP contribution in [0.3, 0.4) is 0 Å². The van der Waals surface area contributed by atoms with Crippen LogP contribution >= 0.6 is 0 Å². The Morgan fingerprint density at radius 2 is 1.96 bits per heavy atom. The zero-order valence-corrected chi connectivity index (χ0v) is 14.1. The highest BCUT2D eigenvalue weighted by Crippen LogP contribution is 2.21. The Kier molecular flexibility index (Phi) is 5.84. The Morgan fingerprint density at radius 1 is 1.21 bits per heavy atom. The molecule has 1 unspecified atom stereocenters. The quantitative estimate of drug-likeness (QED) is 0.832. The molecule has 0 bridgehead atoms. The first-order chi connectivity index (χ1) is 11.8. The van der Waals surface area contributed by atoms with E-state index in [1.54, 1.807) is 4.90 Å². The maximum Gasteiger partial charge on any atom is 0.248 e. The molecular formula is C19H25N3O2. The summed E-state index contributed by atoms with van der Waals surface area (Å²) in [6, 6.07) is 12.2. The van der Waals surface area contributed by atoms with Gasteiger partial charge in [-0.1, -0.05) is 43.2 Å². The third-order valence-electron chi connectivity index (χ3n) is 4.97. The van der Waals surface area contributed by atoms with Gasteiger partial charge in [0, 0.05) is 26.2 Å². The number of amides is 1. The SMILES string of the molecule is N#CC1CN(C(=O)COC2CCCC2)CCN1Cc1ccccc1. The van der Waals surface area contributed by atoms with Gasteiger partial charge in [-0.3, -0.25) is 9.69 Å². The average molecular weight is 327 g/mol. The predicted molar refractivity (Wildman–Crippen MR) is 91.0 cm³/mol. The number of benzene rings is 1. The summed E-state index contributed by atoms with van der Waals surface area (Å²) in [7, 11) is 0. The smallest absolute Gasteiger partial charge is 0.248 e. The molecule has 2 fully saturated rings. The van der Waals surface area contributed by atoms with Crippen LogP contribution in [0.2, 0.25) is 0 Å². The standard InChI is InChI=1S/C19H25N3O2/c20-12-17-14-22(19(23)15-24-18-8-4-5-9-18)11-10-21(17)13-16-6-2-1-3-7-16/h1-3,6-7,17-18H,4-5,8-11,13-15H2. The van der Waals surface area contributed by atoms with Gasteiger partial charge in [0.25, 0.3) is 0 Å². The molecule has 0 N–H and O–H groups in total. The molecule has 2 aliphatic rings. The lowest BCUT2D eigenvalue weighted by atomic mass is 10.1. The second kappa shape index (κ2) is 8.27. The number of hydrogen-bond acceptors (Lipinski definition) is 4. The first-order valence-corrected chi connectivity index (χ1v) is 8.83. The van der Waals surface area contributed by atoms with Crippen LogP contribution in [-0.2, 0) is 16.1 Å². The molecule has 1 aromatic carbocycles.